The van der Waals surface area contributed by atoms with E-state index in [1.807, 2.05) is 79.9 Å². The Morgan fingerprint density at radius 1 is 1.03 bits per heavy atom. The Morgan fingerprint density at radius 3 is 2.41 bits per heavy atom. The average molecular weight is 507 g/mol. The van der Waals surface area contributed by atoms with Crippen LogP contribution in [0, 0.1) is 13.8 Å². The van der Waals surface area contributed by atoms with Crippen molar-refractivity contribution in [3.05, 3.63) is 93.3 Å². The summed E-state index contributed by atoms with van der Waals surface area (Å²) in [6, 6.07) is 21.8. The number of carbonyl (C=O) groups is 1. The van der Waals surface area contributed by atoms with Crippen LogP contribution in [0.25, 0.3) is 11.3 Å². The maximum atomic E-state index is 13.6. The molecule has 1 heterocycles. The van der Waals surface area contributed by atoms with Crippen molar-refractivity contribution < 1.29 is 9.53 Å². The third-order valence-electron chi connectivity index (χ3n) is 5.07. The minimum absolute atomic E-state index is 0.0591. The van der Waals surface area contributed by atoms with Gasteiger partial charge in [0.2, 0.25) is 5.91 Å². The molecule has 4 rings (SSSR count). The molecule has 3 aromatic carbocycles. The third-order valence-corrected chi connectivity index (χ3v) is 6.43. The van der Waals surface area contributed by atoms with Crippen LogP contribution in [-0.2, 0) is 11.2 Å². The Kier molecular flexibility index (Phi) is 6.72. The summed E-state index contributed by atoms with van der Waals surface area (Å²) in [5.41, 5.74) is 5.71. The van der Waals surface area contributed by atoms with Gasteiger partial charge in [-0.3, -0.25) is 9.69 Å². The highest BCUT2D eigenvalue weighted by atomic mass is 79.9. The number of thiazole rings is 1. The number of aryl methyl sites for hydroxylation is 2. The molecule has 0 aliphatic heterocycles. The number of hydrogen-bond acceptors (Lipinski definition) is 4. The van der Waals surface area contributed by atoms with Crippen LogP contribution in [0.3, 0.4) is 0 Å². The Bertz CT molecular complexity index is 1230. The van der Waals surface area contributed by atoms with E-state index >= 15 is 0 Å². The Morgan fingerprint density at radius 2 is 1.72 bits per heavy atom. The zero-order chi connectivity index (χ0) is 22.7. The van der Waals surface area contributed by atoms with Gasteiger partial charge in [-0.1, -0.05) is 52.3 Å². The van der Waals surface area contributed by atoms with Gasteiger partial charge in [0.15, 0.2) is 5.13 Å². The highest BCUT2D eigenvalue weighted by molar-refractivity contribution is 9.10. The highest BCUT2D eigenvalue weighted by Gasteiger charge is 2.23. The fourth-order valence-electron chi connectivity index (χ4n) is 3.65. The molecule has 162 valence electrons. The molecule has 0 N–H and O–H groups in total. The Labute approximate surface area is 200 Å². The molecule has 0 aliphatic rings. The van der Waals surface area contributed by atoms with Gasteiger partial charge < -0.3 is 4.74 Å². The van der Waals surface area contributed by atoms with Gasteiger partial charge in [0.25, 0.3) is 0 Å². The van der Waals surface area contributed by atoms with Crippen LogP contribution in [0.4, 0.5) is 10.8 Å². The predicted molar refractivity (Wildman–Crippen MR) is 135 cm³/mol. The number of halogens is 1. The maximum Gasteiger partial charge on any atom is 0.237 e. The van der Waals surface area contributed by atoms with Gasteiger partial charge in [-0.15, -0.1) is 11.3 Å². The number of carbonyl (C=O) groups excluding carboxylic acids is 1. The van der Waals surface area contributed by atoms with Gasteiger partial charge in [-0.2, -0.15) is 0 Å². The minimum Gasteiger partial charge on any atom is -0.496 e. The molecule has 0 unspecified atom stereocenters. The minimum atomic E-state index is -0.0591. The van der Waals surface area contributed by atoms with E-state index < -0.39 is 0 Å². The van der Waals surface area contributed by atoms with Crippen LogP contribution in [-0.4, -0.2) is 18.0 Å². The predicted octanol–water partition coefficient (Wildman–Crippen LogP) is 7.11. The van der Waals surface area contributed by atoms with Gasteiger partial charge in [-0.05, 0) is 55.3 Å². The molecule has 6 heteroatoms. The topological polar surface area (TPSA) is 42.4 Å². The second kappa shape index (κ2) is 9.67. The van der Waals surface area contributed by atoms with Crippen LogP contribution >= 0.6 is 27.3 Å². The summed E-state index contributed by atoms with van der Waals surface area (Å²) in [7, 11) is 1.62. The van der Waals surface area contributed by atoms with Crippen LogP contribution in [0.5, 0.6) is 5.75 Å². The van der Waals surface area contributed by atoms with Crippen molar-refractivity contribution in [2.45, 2.75) is 20.3 Å². The van der Waals surface area contributed by atoms with Crippen molar-refractivity contribution in [2.75, 3.05) is 12.0 Å². The number of amides is 1. The fourth-order valence-corrected chi connectivity index (χ4v) is 4.79. The molecular weight excluding hydrogens is 484 g/mol. The van der Waals surface area contributed by atoms with E-state index in [-0.39, 0.29) is 12.3 Å². The number of para-hydroxylation sites is 1. The molecule has 0 fully saturated rings. The van der Waals surface area contributed by atoms with Crippen molar-refractivity contribution in [1.29, 1.82) is 0 Å². The summed E-state index contributed by atoms with van der Waals surface area (Å²) in [6.45, 7) is 4.07. The van der Waals surface area contributed by atoms with E-state index in [2.05, 4.69) is 22.0 Å². The Balaban J connectivity index is 1.74. The lowest BCUT2D eigenvalue weighted by Crippen LogP contribution is -2.27. The second-order valence-corrected chi connectivity index (χ2v) is 9.34. The van der Waals surface area contributed by atoms with Crippen molar-refractivity contribution in [3.63, 3.8) is 0 Å². The normalized spacial score (nSPS) is 10.8. The van der Waals surface area contributed by atoms with E-state index in [0.29, 0.717) is 10.9 Å². The maximum absolute atomic E-state index is 13.6. The lowest BCUT2D eigenvalue weighted by molar-refractivity contribution is -0.117. The van der Waals surface area contributed by atoms with E-state index in [1.54, 1.807) is 12.0 Å². The van der Waals surface area contributed by atoms with E-state index in [4.69, 9.17) is 9.72 Å². The van der Waals surface area contributed by atoms with Crippen LogP contribution in [0.15, 0.2) is 76.6 Å². The SMILES string of the molecule is COc1ccccc1CC(=O)N(c1cc(C)cc(C)c1)c1nc(-c2ccc(Br)cc2)cs1. The molecule has 0 saturated heterocycles. The number of ether oxygens (including phenoxy) is 1. The molecule has 4 aromatic rings. The van der Waals surface area contributed by atoms with Crippen molar-refractivity contribution in [3.8, 4) is 17.0 Å². The van der Waals surface area contributed by atoms with E-state index in [9.17, 15) is 4.79 Å². The van der Waals surface area contributed by atoms with Crippen LogP contribution < -0.4 is 9.64 Å². The van der Waals surface area contributed by atoms with Crippen molar-refractivity contribution in [2.24, 2.45) is 0 Å². The summed E-state index contributed by atoms with van der Waals surface area (Å²) in [5, 5.41) is 2.64. The summed E-state index contributed by atoms with van der Waals surface area (Å²) in [5.74, 6) is 0.645. The summed E-state index contributed by atoms with van der Waals surface area (Å²) < 4.78 is 6.47. The molecule has 0 aliphatic carbocycles. The zero-order valence-corrected chi connectivity index (χ0v) is 20.5. The molecule has 0 spiro atoms. The number of rotatable bonds is 6. The number of aromatic nitrogens is 1. The molecule has 0 radical (unpaired) electrons. The molecule has 1 amide bonds. The van der Waals surface area contributed by atoms with Crippen LogP contribution in [0.2, 0.25) is 0 Å². The summed E-state index contributed by atoms with van der Waals surface area (Å²) in [6.07, 6.45) is 0.212. The van der Waals surface area contributed by atoms with E-state index in [0.717, 1.165) is 38.1 Å². The number of hydrogen-bond donors (Lipinski definition) is 0. The second-order valence-electron chi connectivity index (χ2n) is 7.59. The zero-order valence-electron chi connectivity index (χ0n) is 18.1. The van der Waals surface area contributed by atoms with Crippen molar-refractivity contribution >= 4 is 44.0 Å². The lowest BCUT2D eigenvalue weighted by atomic mass is 10.1. The third kappa shape index (κ3) is 4.92. The van der Waals surface area contributed by atoms with Gasteiger partial charge in [-0.25, -0.2) is 4.98 Å². The van der Waals surface area contributed by atoms with Gasteiger partial charge in [0.05, 0.1) is 24.9 Å². The van der Waals surface area contributed by atoms with E-state index in [1.165, 1.54) is 11.3 Å². The van der Waals surface area contributed by atoms with Crippen molar-refractivity contribution in [1.82, 2.24) is 4.98 Å². The first-order valence-corrected chi connectivity index (χ1v) is 11.9. The summed E-state index contributed by atoms with van der Waals surface area (Å²) in [4.78, 5) is 20.2. The number of methoxy groups -OCH3 is 1. The lowest BCUT2D eigenvalue weighted by Gasteiger charge is -2.22. The first-order valence-electron chi connectivity index (χ1n) is 10.2. The summed E-state index contributed by atoms with van der Waals surface area (Å²) >= 11 is 4.93. The first kappa shape index (κ1) is 22.2. The highest BCUT2D eigenvalue weighted by Crippen LogP contribution is 2.34. The largest absolute Gasteiger partial charge is 0.496 e. The molecule has 0 saturated carbocycles. The number of benzene rings is 3. The molecule has 1 aromatic heterocycles. The molecular formula is C26H23BrN2O2S. The number of anilines is 2. The smallest absolute Gasteiger partial charge is 0.237 e. The fraction of sp³-hybridized carbons (Fsp3) is 0.154. The average Bonchev–Trinajstić information content (AvgIpc) is 3.23. The quantitative estimate of drug-likeness (QED) is 0.280. The van der Waals surface area contributed by atoms with Gasteiger partial charge >= 0.3 is 0 Å². The number of nitrogens with zero attached hydrogens (tertiary/aromatic N) is 2. The first-order chi connectivity index (χ1) is 15.4. The van der Waals surface area contributed by atoms with Gasteiger partial charge in [0.1, 0.15) is 5.75 Å². The monoisotopic (exact) mass is 506 g/mol. The molecule has 0 bridgehead atoms. The molecule has 0 atom stereocenters. The van der Waals surface area contributed by atoms with Gasteiger partial charge in [0, 0.05) is 21.0 Å². The standard InChI is InChI=1S/C26H23BrN2O2S/c1-17-12-18(2)14-22(13-17)29(25(30)15-20-6-4-5-7-24(20)31-3)26-28-23(16-32-26)19-8-10-21(27)11-9-19/h4-14,16H,15H2,1-3H3. The Hall–Kier alpha value is -2.96. The molecule has 32 heavy (non-hydrogen) atoms. The molecule has 4 nitrogen and oxygen atoms in total. The van der Waals surface area contributed by atoms with Crippen LogP contribution in [0.1, 0.15) is 16.7 Å².